The highest BCUT2D eigenvalue weighted by molar-refractivity contribution is 5.94. The van der Waals surface area contributed by atoms with Crippen LogP contribution in [0.5, 0.6) is 5.75 Å². The van der Waals surface area contributed by atoms with Gasteiger partial charge in [0.2, 0.25) is 0 Å². The smallest absolute Gasteiger partial charge is 0.433 e. The monoisotopic (exact) mass is 391 g/mol. The van der Waals surface area contributed by atoms with Crippen LogP contribution in [0.3, 0.4) is 0 Å². The van der Waals surface area contributed by atoms with Gasteiger partial charge in [-0.2, -0.15) is 23.5 Å². The van der Waals surface area contributed by atoms with Gasteiger partial charge < -0.3 is 10.5 Å². The average molecular weight is 391 g/mol. The summed E-state index contributed by atoms with van der Waals surface area (Å²) in [4.78, 5) is 0. The molecule has 0 aliphatic rings. The largest absolute Gasteiger partial charge is 0.496 e. The highest BCUT2D eigenvalue weighted by Crippen LogP contribution is 2.43. The molecule has 2 aromatic heterocycles. The Labute approximate surface area is 159 Å². The van der Waals surface area contributed by atoms with Crippen molar-refractivity contribution in [3.05, 3.63) is 34.5 Å². The van der Waals surface area contributed by atoms with Gasteiger partial charge in [0.25, 0.3) is 0 Å². The van der Waals surface area contributed by atoms with E-state index in [1.165, 1.54) is 11.7 Å². The van der Waals surface area contributed by atoms with Crippen LogP contribution in [0.1, 0.15) is 42.3 Å². The number of anilines is 1. The average Bonchev–Trinajstić information content (AvgIpc) is 3.10. The van der Waals surface area contributed by atoms with Gasteiger partial charge in [-0.3, -0.25) is 9.25 Å². The third-order valence-electron chi connectivity index (χ3n) is 4.75. The molecule has 3 rings (SSSR count). The number of benzene rings is 1. The van der Waals surface area contributed by atoms with Crippen LogP contribution in [0.15, 0.2) is 12.1 Å². The molecule has 0 bridgehead atoms. The van der Waals surface area contributed by atoms with Crippen LogP contribution in [0.4, 0.5) is 19.0 Å². The van der Waals surface area contributed by atoms with Crippen molar-refractivity contribution in [2.45, 2.75) is 39.9 Å². The minimum Gasteiger partial charge on any atom is -0.496 e. The molecule has 0 fully saturated rings. The van der Waals surface area contributed by atoms with Gasteiger partial charge in [-0.15, -0.1) is 0 Å². The Bertz CT molecular complexity index is 1120. The number of nitrogens with two attached hydrogens (primary N) is 1. The lowest BCUT2D eigenvalue weighted by Crippen LogP contribution is -2.17. The van der Waals surface area contributed by atoms with Gasteiger partial charge in [0.15, 0.2) is 11.3 Å². The summed E-state index contributed by atoms with van der Waals surface area (Å²) in [5, 5.41) is 13.5. The van der Waals surface area contributed by atoms with Crippen molar-refractivity contribution in [1.29, 1.82) is 5.26 Å². The highest BCUT2D eigenvalue weighted by Gasteiger charge is 2.41. The van der Waals surface area contributed by atoms with E-state index >= 15 is 0 Å². The number of methoxy groups -OCH3 is 1. The number of halogens is 3. The molecule has 0 aliphatic carbocycles. The molecule has 9 heteroatoms. The maximum absolute atomic E-state index is 13.9. The highest BCUT2D eigenvalue weighted by atomic mass is 19.4. The molecule has 0 aliphatic heterocycles. The Kier molecular flexibility index (Phi) is 4.54. The summed E-state index contributed by atoms with van der Waals surface area (Å²) in [5.41, 5.74) is 6.93. The fourth-order valence-electron chi connectivity index (χ4n) is 3.53. The van der Waals surface area contributed by atoms with Crippen LogP contribution >= 0.6 is 0 Å². The first-order valence-corrected chi connectivity index (χ1v) is 8.58. The molecule has 6 nitrogen and oxygen atoms in total. The Morgan fingerprint density at radius 3 is 2.39 bits per heavy atom. The summed E-state index contributed by atoms with van der Waals surface area (Å²) >= 11 is 0. The van der Waals surface area contributed by atoms with Gasteiger partial charge in [-0.25, -0.2) is 0 Å². The van der Waals surface area contributed by atoms with Crippen LogP contribution in [0.2, 0.25) is 0 Å². The normalized spacial score (nSPS) is 12.0. The number of ether oxygens (including phenoxy) is 1. The summed E-state index contributed by atoms with van der Waals surface area (Å²) in [7, 11) is 1.51. The lowest BCUT2D eigenvalue weighted by Gasteiger charge is -2.17. The number of hydrogen-bond donors (Lipinski definition) is 1. The molecule has 2 N–H and O–H groups in total. The SMILES string of the molecule is COc1ccc(C)c(-n2c(N)c(C#N)c3c(C(F)(F)F)n(C(C)C)nc32)c1C. The quantitative estimate of drug-likeness (QED) is 0.712. The zero-order valence-corrected chi connectivity index (χ0v) is 16.1. The fraction of sp³-hybridized carbons (Fsp3) is 0.368. The molecule has 0 radical (unpaired) electrons. The van der Waals surface area contributed by atoms with E-state index in [-0.39, 0.29) is 22.4 Å². The molecule has 0 atom stereocenters. The topological polar surface area (TPSA) is 81.8 Å². The molecule has 0 amide bonds. The Hall–Kier alpha value is -3.15. The second-order valence-electron chi connectivity index (χ2n) is 6.85. The summed E-state index contributed by atoms with van der Waals surface area (Å²) in [6.07, 6.45) is -4.69. The Morgan fingerprint density at radius 1 is 1.25 bits per heavy atom. The van der Waals surface area contributed by atoms with Gasteiger partial charge >= 0.3 is 6.18 Å². The third kappa shape index (κ3) is 2.68. The van der Waals surface area contributed by atoms with Crippen molar-refractivity contribution in [2.24, 2.45) is 0 Å². The van der Waals surface area contributed by atoms with E-state index in [1.807, 2.05) is 13.0 Å². The van der Waals surface area contributed by atoms with Crippen molar-refractivity contribution in [3.63, 3.8) is 0 Å². The number of nitrogens with zero attached hydrogens (tertiary/aromatic N) is 4. The van der Waals surface area contributed by atoms with E-state index in [9.17, 15) is 18.4 Å². The Balaban J connectivity index is 2.55. The molecule has 1 aromatic carbocycles. The maximum Gasteiger partial charge on any atom is 0.433 e. The number of aromatic nitrogens is 3. The molecule has 0 saturated heterocycles. The van der Waals surface area contributed by atoms with Crippen molar-refractivity contribution in [2.75, 3.05) is 12.8 Å². The van der Waals surface area contributed by atoms with Crippen molar-refractivity contribution in [1.82, 2.24) is 14.3 Å². The molecule has 3 aromatic rings. The van der Waals surface area contributed by atoms with E-state index in [2.05, 4.69) is 5.10 Å². The third-order valence-corrected chi connectivity index (χ3v) is 4.75. The zero-order valence-electron chi connectivity index (χ0n) is 16.1. The molecule has 0 unspecified atom stereocenters. The second-order valence-corrected chi connectivity index (χ2v) is 6.85. The molecule has 28 heavy (non-hydrogen) atoms. The number of rotatable bonds is 3. The van der Waals surface area contributed by atoms with Gasteiger partial charge in [-0.1, -0.05) is 6.07 Å². The first kappa shape index (κ1) is 19.6. The van der Waals surface area contributed by atoms with Crippen molar-refractivity contribution < 1.29 is 17.9 Å². The summed E-state index contributed by atoms with van der Waals surface area (Å²) in [6, 6.07) is 4.82. The van der Waals surface area contributed by atoms with E-state index < -0.39 is 17.9 Å². The summed E-state index contributed by atoms with van der Waals surface area (Å²) in [5.74, 6) is 0.473. The van der Waals surface area contributed by atoms with E-state index in [0.717, 1.165) is 10.2 Å². The molecule has 0 saturated carbocycles. The second kappa shape index (κ2) is 6.48. The van der Waals surface area contributed by atoms with Gasteiger partial charge in [0.1, 0.15) is 23.2 Å². The first-order chi connectivity index (χ1) is 13.0. The number of nitrogen functional groups attached to an aromatic ring is 1. The zero-order chi connectivity index (χ0) is 21.0. The van der Waals surface area contributed by atoms with Crippen LogP contribution in [0.25, 0.3) is 16.7 Å². The van der Waals surface area contributed by atoms with Crippen LogP contribution in [0, 0.1) is 25.2 Å². The maximum atomic E-state index is 13.9. The van der Waals surface area contributed by atoms with Crippen molar-refractivity contribution >= 4 is 16.9 Å². The molecular formula is C19H20F3N5O. The Morgan fingerprint density at radius 2 is 1.89 bits per heavy atom. The van der Waals surface area contributed by atoms with Crippen molar-refractivity contribution in [3.8, 4) is 17.5 Å². The van der Waals surface area contributed by atoms with Gasteiger partial charge in [-0.05, 0) is 39.3 Å². The van der Waals surface area contributed by atoms with Gasteiger partial charge in [0, 0.05) is 11.6 Å². The lowest BCUT2D eigenvalue weighted by atomic mass is 10.1. The fourth-order valence-corrected chi connectivity index (χ4v) is 3.53. The minimum absolute atomic E-state index is 0.00507. The van der Waals surface area contributed by atoms with E-state index in [4.69, 9.17) is 10.5 Å². The molecular weight excluding hydrogens is 371 g/mol. The predicted octanol–water partition coefficient (Wildman–Crippen LogP) is 4.51. The molecule has 2 heterocycles. The number of nitriles is 1. The first-order valence-electron chi connectivity index (χ1n) is 8.58. The summed E-state index contributed by atoms with van der Waals surface area (Å²) in [6.45, 7) is 6.79. The standard InChI is InChI=1S/C19H20F3N5O/c1-9(2)27-16(19(20,21)22)14-12(8-23)17(24)26(18(14)25-27)15-10(3)6-7-13(28-5)11(15)4/h6-7,9H,24H2,1-5H3. The molecule has 0 spiro atoms. The van der Waals surface area contributed by atoms with E-state index in [1.54, 1.807) is 32.9 Å². The number of hydrogen-bond acceptors (Lipinski definition) is 4. The summed E-state index contributed by atoms with van der Waals surface area (Å²) < 4.78 is 49.3. The van der Waals surface area contributed by atoms with E-state index in [0.29, 0.717) is 17.0 Å². The number of fused-ring (bicyclic) bond motifs is 1. The predicted molar refractivity (Wildman–Crippen MR) is 99.6 cm³/mol. The van der Waals surface area contributed by atoms with Crippen LogP contribution < -0.4 is 10.5 Å². The van der Waals surface area contributed by atoms with Gasteiger partial charge in [0.05, 0.1) is 18.2 Å². The number of alkyl halides is 3. The number of aryl methyl sites for hydroxylation is 1. The molecule has 148 valence electrons. The van der Waals surface area contributed by atoms with Crippen LogP contribution in [-0.2, 0) is 6.18 Å². The van der Waals surface area contributed by atoms with Crippen LogP contribution in [-0.4, -0.2) is 21.5 Å². The minimum atomic E-state index is -4.69. The lowest BCUT2D eigenvalue weighted by molar-refractivity contribution is -0.143.